The molecule has 3 nitrogen and oxygen atoms in total. The molecule has 2 rings (SSSR count). The third kappa shape index (κ3) is 1.76. The van der Waals surface area contributed by atoms with E-state index in [1.165, 1.54) is 12.8 Å². The van der Waals surface area contributed by atoms with Gasteiger partial charge in [0, 0.05) is 12.3 Å². The Morgan fingerprint density at radius 1 is 1.31 bits per heavy atom. The average molecular weight is 223 g/mol. The lowest BCUT2D eigenvalue weighted by molar-refractivity contribution is -0.145. The normalized spacial score (nSPS) is 35.0. The molecule has 0 spiro atoms. The number of hydrogen-bond donors (Lipinski definition) is 1. The van der Waals surface area contributed by atoms with Crippen molar-refractivity contribution in [1.82, 2.24) is 5.32 Å². The Hall–Kier alpha value is -0.860. The van der Waals surface area contributed by atoms with Crippen LogP contribution >= 0.6 is 0 Å². The number of carbonyl (C=O) groups is 2. The van der Waals surface area contributed by atoms with Gasteiger partial charge in [0.25, 0.3) is 0 Å². The molecule has 2 unspecified atom stereocenters. The van der Waals surface area contributed by atoms with Gasteiger partial charge in [-0.1, -0.05) is 20.3 Å². The Morgan fingerprint density at radius 2 is 2.00 bits per heavy atom. The maximum atomic E-state index is 12.0. The first kappa shape index (κ1) is 11.6. The minimum atomic E-state index is -0.0638. The van der Waals surface area contributed by atoms with Crippen LogP contribution in [0.1, 0.15) is 52.4 Å². The molecule has 3 heteroatoms. The summed E-state index contributed by atoms with van der Waals surface area (Å²) in [5, 5.41) is 2.51. The molecule has 2 amide bonds. The van der Waals surface area contributed by atoms with Crippen LogP contribution in [0.2, 0.25) is 0 Å². The lowest BCUT2D eigenvalue weighted by Crippen LogP contribution is -2.52. The molecule has 0 aromatic rings. The smallest absolute Gasteiger partial charge is 0.230 e. The number of carbonyl (C=O) groups excluding carboxylic acids is 2. The van der Waals surface area contributed by atoms with Gasteiger partial charge in [-0.05, 0) is 37.0 Å². The Labute approximate surface area is 97.0 Å². The fourth-order valence-corrected chi connectivity index (χ4v) is 3.41. The zero-order valence-electron chi connectivity index (χ0n) is 10.2. The maximum Gasteiger partial charge on any atom is 0.230 e. The second kappa shape index (κ2) is 4.19. The van der Waals surface area contributed by atoms with Crippen molar-refractivity contribution in [2.75, 3.05) is 0 Å². The summed E-state index contributed by atoms with van der Waals surface area (Å²) in [5.74, 6) is 0.592. The van der Waals surface area contributed by atoms with Gasteiger partial charge in [-0.15, -0.1) is 0 Å². The highest BCUT2D eigenvalue weighted by Crippen LogP contribution is 2.56. The van der Waals surface area contributed by atoms with E-state index in [1.54, 1.807) is 0 Å². The highest BCUT2D eigenvalue weighted by molar-refractivity contribution is 5.99. The molecule has 2 fully saturated rings. The Balaban J connectivity index is 2.27. The molecule has 0 bridgehead atoms. The van der Waals surface area contributed by atoms with Crippen molar-refractivity contribution in [2.24, 2.45) is 17.3 Å². The van der Waals surface area contributed by atoms with Crippen LogP contribution in [0.15, 0.2) is 0 Å². The summed E-state index contributed by atoms with van der Waals surface area (Å²) in [7, 11) is 0. The highest BCUT2D eigenvalue weighted by Gasteiger charge is 2.54. The molecule has 1 aliphatic carbocycles. The Morgan fingerprint density at radius 3 is 2.50 bits per heavy atom. The summed E-state index contributed by atoms with van der Waals surface area (Å²) in [6.07, 6.45) is 5.86. The zero-order chi connectivity index (χ0) is 11.8. The summed E-state index contributed by atoms with van der Waals surface area (Å²) in [5.41, 5.74) is -0.0184. The van der Waals surface area contributed by atoms with Crippen LogP contribution in [-0.2, 0) is 9.59 Å². The van der Waals surface area contributed by atoms with E-state index in [-0.39, 0.29) is 23.1 Å². The van der Waals surface area contributed by atoms with Crippen molar-refractivity contribution in [2.45, 2.75) is 52.4 Å². The third-order valence-electron chi connectivity index (χ3n) is 4.39. The second-order valence-corrected chi connectivity index (χ2v) is 5.29. The van der Waals surface area contributed by atoms with Gasteiger partial charge in [-0.25, -0.2) is 0 Å². The standard InChI is InChI=1S/C13H21NO2/c1-3-5-10-12(16)14-11(15)8-13(10,4-2)9-6-7-9/h9-10H,3-8H2,1-2H3,(H,14,15,16). The van der Waals surface area contributed by atoms with E-state index in [0.717, 1.165) is 19.3 Å². The first-order valence-electron chi connectivity index (χ1n) is 6.47. The van der Waals surface area contributed by atoms with Crippen molar-refractivity contribution in [1.29, 1.82) is 0 Å². The fraction of sp³-hybridized carbons (Fsp3) is 0.846. The third-order valence-corrected chi connectivity index (χ3v) is 4.39. The molecular weight excluding hydrogens is 202 g/mol. The largest absolute Gasteiger partial charge is 0.296 e. The van der Waals surface area contributed by atoms with E-state index in [4.69, 9.17) is 0 Å². The predicted molar refractivity (Wildman–Crippen MR) is 61.6 cm³/mol. The first-order valence-corrected chi connectivity index (χ1v) is 6.47. The molecule has 0 aromatic carbocycles. The van der Waals surface area contributed by atoms with E-state index in [0.29, 0.717) is 12.3 Å². The van der Waals surface area contributed by atoms with Crippen LogP contribution in [0.4, 0.5) is 0 Å². The number of piperidine rings is 1. The van der Waals surface area contributed by atoms with Crippen LogP contribution in [0, 0.1) is 17.3 Å². The fourth-order valence-electron chi connectivity index (χ4n) is 3.41. The molecular formula is C13H21NO2. The van der Waals surface area contributed by atoms with E-state index < -0.39 is 0 Å². The quantitative estimate of drug-likeness (QED) is 0.743. The predicted octanol–water partition coefficient (Wildman–Crippen LogP) is 2.26. The summed E-state index contributed by atoms with van der Waals surface area (Å²) in [6.45, 7) is 4.24. The van der Waals surface area contributed by atoms with Gasteiger partial charge in [0.2, 0.25) is 11.8 Å². The van der Waals surface area contributed by atoms with Crippen molar-refractivity contribution < 1.29 is 9.59 Å². The van der Waals surface area contributed by atoms with Gasteiger partial charge in [0.1, 0.15) is 0 Å². The highest BCUT2D eigenvalue weighted by atomic mass is 16.2. The molecule has 1 aliphatic heterocycles. The molecule has 1 N–H and O–H groups in total. The van der Waals surface area contributed by atoms with E-state index in [1.807, 2.05) is 0 Å². The summed E-state index contributed by atoms with van der Waals surface area (Å²) in [4.78, 5) is 23.6. The Bertz CT molecular complexity index is 309. The minimum absolute atomic E-state index is 0.0184. The first-order chi connectivity index (χ1) is 7.64. The minimum Gasteiger partial charge on any atom is -0.296 e. The SMILES string of the molecule is CCCC1C(=O)NC(=O)CC1(CC)C1CC1. The van der Waals surface area contributed by atoms with Crippen LogP contribution < -0.4 is 5.32 Å². The monoisotopic (exact) mass is 223 g/mol. The van der Waals surface area contributed by atoms with E-state index in [2.05, 4.69) is 19.2 Å². The number of amides is 2. The van der Waals surface area contributed by atoms with Gasteiger partial charge in [-0.3, -0.25) is 14.9 Å². The van der Waals surface area contributed by atoms with E-state index in [9.17, 15) is 9.59 Å². The molecule has 2 atom stereocenters. The molecule has 1 saturated carbocycles. The summed E-state index contributed by atoms with van der Waals surface area (Å²) < 4.78 is 0. The molecule has 1 heterocycles. The molecule has 16 heavy (non-hydrogen) atoms. The zero-order valence-corrected chi connectivity index (χ0v) is 10.2. The topological polar surface area (TPSA) is 46.2 Å². The van der Waals surface area contributed by atoms with Crippen molar-refractivity contribution >= 4 is 11.8 Å². The van der Waals surface area contributed by atoms with Gasteiger partial charge >= 0.3 is 0 Å². The second-order valence-electron chi connectivity index (χ2n) is 5.29. The Kier molecular flexibility index (Phi) is 3.04. The van der Waals surface area contributed by atoms with Crippen LogP contribution in [0.25, 0.3) is 0 Å². The lowest BCUT2D eigenvalue weighted by atomic mass is 9.63. The van der Waals surface area contributed by atoms with Gasteiger partial charge in [0.05, 0.1) is 0 Å². The molecule has 0 radical (unpaired) electrons. The number of rotatable bonds is 4. The molecule has 1 saturated heterocycles. The summed E-state index contributed by atoms with van der Waals surface area (Å²) >= 11 is 0. The molecule has 2 aliphatic rings. The number of imide groups is 1. The van der Waals surface area contributed by atoms with Crippen molar-refractivity contribution in [3.05, 3.63) is 0 Å². The van der Waals surface area contributed by atoms with Crippen LogP contribution in [0.5, 0.6) is 0 Å². The van der Waals surface area contributed by atoms with Gasteiger partial charge in [0.15, 0.2) is 0 Å². The lowest BCUT2D eigenvalue weighted by Gasteiger charge is -2.42. The van der Waals surface area contributed by atoms with Crippen molar-refractivity contribution in [3.8, 4) is 0 Å². The van der Waals surface area contributed by atoms with Crippen LogP contribution in [-0.4, -0.2) is 11.8 Å². The number of hydrogen-bond acceptors (Lipinski definition) is 2. The summed E-state index contributed by atoms with van der Waals surface area (Å²) in [6, 6.07) is 0. The maximum absolute atomic E-state index is 12.0. The van der Waals surface area contributed by atoms with Crippen molar-refractivity contribution in [3.63, 3.8) is 0 Å². The average Bonchev–Trinajstić information content (AvgIpc) is 3.05. The van der Waals surface area contributed by atoms with E-state index >= 15 is 0 Å². The number of nitrogens with one attached hydrogen (secondary N) is 1. The van der Waals surface area contributed by atoms with Gasteiger partial charge < -0.3 is 0 Å². The molecule has 0 aromatic heterocycles. The molecule has 90 valence electrons. The van der Waals surface area contributed by atoms with Crippen LogP contribution in [0.3, 0.4) is 0 Å². The van der Waals surface area contributed by atoms with Gasteiger partial charge in [-0.2, -0.15) is 0 Å².